The van der Waals surface area contributed by atoms with Crippen molar-refractivity contribution >= 4 is 56.5 Å². The van der Waals surface area contributed by atoms with Crippen molar-refractivity contribution in [1.82, 2.24) is 10.4 Å². The minimum atomic E-state index is -0.496. The number of esters is 1. The fourth-order valence-corrected chi connectivity index (χ4v) is 4.75. The number of carbonyl (C=O) groups is 2. The van der Waals surface area contributed by atoms with Crippen LogP contribution in [-0.2, 0) is 0 Å². The number of aromatic nitrogens is 1. The van der Waals surface area contributed by atoms with Gasteiger partial charge in [0.15, 0.2) is 0 Å². The van der Waals surface area contributed by atoms with Crippen molar-refractivity contribution in [2.45, 2.75) is 6.92 Å². The van der Waals surface area contributed by atoms with Crippen molar-refractivity contribution < 1.29 is 14.3 Å². The molecular weight excluding hydrogens is 566 g/mol. The molecule has 0 radical (unpaired) electrons. The van der Waals surface area contributed by atoms with Crippen LogP contribution in [0.5, 0.6) is 5.75 Å². The number of ether oxygens (including phenoxy) is 1. The van der Waals surface area contributed by atoms with Gasteiger partial charge in [0, 0.05) is 37.1 Å². The molecule has 1 aromatic heterocycles. The van der Waals surface area contributed by atoms with E-state index in [1.807, 2.05) is 49.4 Å². The molecule has 38 heavy (non-hydrogen) atoms. The van der Waals surface area contributed by atoms with Crippen LogP contribution in [0.2, 0.25) is 5.02 Å². The first-order valence-corrected chi connectivity index (χ1v) is 12.9. The SMILES string of the molecule is Cc1cccc2c(-c3ccccc3Cl)c(C(=O)NN=Cc3cc(Br)ccc3OC(=O)c3ccccc3)[nH]c12. The molecule has 0 aliphatic heterocycles. The number of halogens is 2. The van der Waals surface area contributed by atoms with Gasteiger partial charge < -0.3 is 9.72 Å². The Morgan fingerprint density at radius 3 is 2.53 bits per heavy atom. The third-order valence-corrected chi connectivity index (χ3v) is 6.79. The lowest BCUT2D eigenvalue weighted by molar-refractivity contribution is 0.0734. The number of rotatable bonds is 6. The molecule has 0 aliphatic carbocycles. The van der Waals surface area contributed by atoms with Gasteiger partial charge in [0.25, 0.3) is 5.91 Å². The van der Waals surface area contributed by atoms with Crippen molar-refractivity contribution in [3.63, 3.8) is 0 Å². The Hall–Kier alpha value is -4.20. The smallest absolute Gasteiger partial charge is 0.343 e. The third kappa shape index (κ3) is 5.25. The molecule has 5 rings (SSSR count). The van der Waals surface area contributed by atoms with E-state index in [0.29, 0.717) is 33.2 Å². The second-order valence-electron chi connectivity index (χ2n) is 8.49. The molecule has 6 nitrogen and oxygen atoms in total. The lowest BCUT2D eigenvalue weighted by Gasteiger charge is -2.08. The molecule has 0 aliphatic rings. The quantitative estimate of drug-likeness (QED) is 0.0933. The number of aryl methyl sites for hydroxylation is 1. The van der Waals surface area contributed by atoms with Crippen LogP contribution in [0, 0.1) is 6.92 Å². The van der Waals surface area contributed by atoms with Crippen molar-refractivity contribution in [2.75, 3.05) is 0 Å². The summed E-state index contributed by atoms with van der Waals surface area (Å²) in [6, 6.07) is 27.1. The number of hydrogen-bond donors (Lipinski definition) is 2. The van der Waals surface area contributed by atoms with E-state index in [4.69, 9.17) is 16.3 Å². The van der Waals surface area contributed by atoms with E-state index in [0.717, 1.165) is 26.5 Å². The zero-order valence-corrected chi connectivity index (χ0v) is 22.5. The van der Waals surface area contributed by atoms with E-state index in [1.54, 1.807) is 48.5 Å². The number of hydrogen-bond acceptors (Lipinski definition) is 4. The zero-order chi connectivity index (χ0) is 26.6. The third-order valence-electron chi connectivity index (χ3n) is 5.97. The second-order valence-corrected chi connectivity index (χ2v) is 9.81. The number of H-pyrrole nitrogens is 1. The maximum absolute atomic E-state index is 13.3. The minimum absolute atomic E-state index is 0.304. The highest BCUT2D eigenvalue weighted by Crippen LogP contribution is 2.37. The molecular formula is C30H21BrClN3O3. The molecule has 0 spiro atoms. The lowest BCUT2D eigenvalue weighted by Crippen LogP contribution is -2.19. The predicted octanol–water partition coefficient (Wildman–Crippen LogP) is 7.54. The number of aromatic amines is 1. The summed E-state index contributed by atoms with van der Waals surface area (Å²) >= 11 is 9.94. The Labute approximate surface area is 232 Å². The van der Waals surface area contributed by atoms with Gasteiger partial charge in [0.1, 0.15) is 11.4 Å². The first kappa shape index (κ1) is 25.4. The zero-order valence-electron chi connectivity index (χ0n) is 20.2. The summed E-state index contributed by atoms with van der Waals surface area (Å²) in [5.74, 6) is -0.632. The molecule has 188 valence electrons. The van der Waals surface area contributed by atoms with E-state index in [1.165, 1.54) is 6.21 Å². The summed E-state index contributed by atoms with van der Waals surface area (Å²) in [5.41, 5.74) is 7.13. The van der Waals surface area contributed by atoms with E-state index >= 15 is 0 Å². The van der Waals surface area contributed by atoms with Crippen LogP contribution in [-0.4, -0.2) is 23.1 Å². The highest BCUT2D eigenvalue weighted by molar-refractivity contribution is 9.10. The summed E-state index contributed by atoms with van der Waals surface area (Å²) in [4.78, 5) is 29.2. The molecule has 1 heterocycles. The standard InChI is InChI=1S/C30H21BrClN3O3/c1-18-8-7-12-23-26(22-11-5-6-13-24(22)32)28(34-27(18)23)29(36)35-33-17-20-16-21(31)14-15-25(20)38-30(37)19-9-3-2-4-10-19/h2-17,34H,1H3,(H,35,36). The fourth-order valence-electron chi connectivity index (χ4n) is 4.14. The van der Waals surface area contributed by atoms with Gasteiger partial charge in [-0.15, -0.1) is 0 Å². The molecule has 4 aromatic carbocycles. The number of benzene rings is 4. The van der Waals surface area contributed by atoms with Gasteiger partial charge in [-0.3, -0.25) is 4.79 Å². The van der Waals surface area contributed by atoms with Crippen molar-refractivity contribution in [1.29, 1.82) is 0 Å². The summed E-state index contributed by atoms with van der Waals surface area (Å²) in [7, 11) is 0. The molecule has 2 N–H and O–H groups in total. The summed E-state index contributed by atoms with van der Waals surface area (Å²) in [6.45, 7) is 1.97. The van der Waals surface area contributed by atoms with E-state index in [-0.39, 0.29) is 0 Å². The maximum atomic E-state index is 13.3. The lowest BCUT2D eigenvalue weighted by atomic mass is 10.0. The van der Waals surface area contributed by atoms with Crippen molar-refractivity contribution in [2.24, 2.45) is 5.10 Å². The summed E-state index contributed by atoms with van der Waals surface area (Å²) in [6.07, 6.45) is 1.43. The van der Waals surface area contributed by atoms with Gasteiger partial charge >= 0.3 is 5.97 Å². The van der Waals surface area contributed by atoms with Gasteiger partial charge in [-0.1, -0.05) is 82.1 Å². The highest BCUT2D eigenvalue weighted by atomic mass is 79.9. The average molecular weight is 587 g/mol. The number of fused-ring (bicyclic) bond motifs is 1. The number of nitrogens with zero attached hydrogens (tertiary/aromatic N) is 1. The fraction of sp³-hybridized carbons (Fsp3) is 0.0333. The van der Waals surface area contributed by atoms with E-state index < -0.39 is 11.9 Å². The van der Waals surface area contributed by atoms with Crippen LogP contribution < -0.4 is 10.2 Å². The second kappa shape index (κ2) is 11.0. The number of carbonyl (C=O) groups excluding carboxylic acids is 2. The van der Waals surface area contributed by atoms with Crippen LogP contribution in [0.4, 0.5) is 0 Å². The number of nitrogens with one attached hydrogen (secondary N) is 2. The normalized spacial score (nSPS) is 11.1. The van der Waals surface area contributed by atoms with Gasteiger partial charge in [-0.2, -0.15) is 5.10 Å². The van der Waals surface area contributed by atoms with Crippen LogP contribution >= 0.6 is 27.5 Å². The van der Waals surface area contributed by atoms with Crippen LogP contribution in [0.15, 0.2) is 101 Å². The molecule has 0 bridgehead atoms. The molecule has 0 atom stereocenters. The van der Waals surface area contributed by atoms with Gasteiger partial charge in [-0.25, -0.2) is 10.2 Å². The van der Waals surface area contributed by atoms with Gasteiger partial charge in [0.05, 0.1) is 11.8 Å². The monoisotopic (exact) mass is 585 g/mol. The number of amides is 1. The summed E-state index contributed by atoms with van der Waals surface area (Å²) < 4.78 is 6.35. The van der Waals surface area contributed by atoms with Crippen LogP contribution in [0.1, 0.15) is 32.0 Å². The maximum Gasteiger partial charge on any atom is 0.343 e. The Morgan fingerprint density at radius 2 is 1.74 bits per heavy atom. The molecule has 8 heteroatoms. The van der Waals surface area contributed by atoms with Crippen LogP contribution in [0.25, 0.3) is 22.0 Å². The van der Waals surface area contributed by atoms with Gasteiger partial charge in [0.2, 0.25) is 0 Å². The molecule has 1 amide bonds. The minimum Gasteiger partial charge on any atom is -0.422 e. The molecule has 5 aromatic rings. The Bertz CT molecular complexity index is 1700. The highest BCUT2D eigenvalue weighted by Gasteiger charge is 2.21. The molecule has 0 saturated carbocycles. The molecule has 0 unspecified atom stereocenters. The first-order chi connectivity index (χ1) is 18.4. The Kier molecular flexibility index (Phi) is 7.40. The Morgan fingerprint density at radius 1 is 0.974 bits per heavy atom. The predicted molar refractivity (Wildman–Crippen MR) is 154 cm³/mol. The first-order valence-electron chi connectivity index (χ1n) is 11.7. The molecule has 0 saturated heterocycles. The van der Waals surface area contributed by atoms with Crippen molar-refractivity contribution in [3.8, 4) is 16.9 Å². The van der Waals surface area contributed by atoms with Gasteiger partial charge in [-0.05, 0) is 48.9 Å². The van der Waals surface area contributed by atoms with E-state index in [2.05, 4.69) is 31.4 Å². The van der Waals surface area contributed by atoms with Crippen molar-refractivity contribution in [3.05, 3.63) is 123 Å². The largest absolute Gasteiger partial charge is 0.422 e. The molecule has 0 fully saturated rings. The number of para-hydroxylation sites is 1. The topological polar surface area (TPSA) is 83.5 Å². The number of hydrazone groups is 1. The average Bonchev–Trinajstić information content (AvgIpc) is 3.32. The Balaban J connectivity index is 1.44. The summed E-state index contributed by atoms with van der Waals surface area (Å²) in [5, 5.41) is 5.58. The van der Waals surface area contributed by atoms with E-state index in [9.17, 15) is 9.59 Å². The van der Waals surface area contributed by atoms with Crippen LogP contribution in [0.3, 0.4) is 0 Å².